The highest BCUT2D eigenvalue weighted by Crippen LogP contribution is 2.40. The van der Waals surface area contributed by atoms with Gasteiger partial charge in [0.2, 0.25) is 0 Å². The van der Waals surface area contributed by atoms with Crippen molar-refractivity contribution in [3.05, 3.63) is 11.0 Å². The molecule has 1 aliphatic rings. The van der Waals surface area contributed by atoms with E-state index in [1.807, 2.05) is 0 Å². The Morgan fingerprint density at radius 2 is 2.36 bits per heavy atom. The first-order valence-electron chi connectivity index (χ1n) is 7.13. The maximum atomic E-state index is 10.7. The van der Waals surface area contributed by atoms with Gasteiger partial charge >= 0.3 is 0 Å². The summed E-state index contributed by atoms with van der Waals surface area (Å²) in [6.45, 7) is 1.41. The third-order valence-corrected chi connectivity index (χ3v) is 4.26. The molecule has 1 unspecified atom stereocenters. The lowest BCUT2D eigenvalue weighted by atomic mass is 9.93. The Bertz CT molecular complexity index is 933. The van der Waals surface area contributed by atoms with Gasteiger partial charge in [-0.15, -0.1) is 6.42 Å². The number of H-pyrrole nitrogens is 1. The Labute approximate surface area is 146 Å². The van der Waals surface area contributed by atoms with Crippen molar-refractivity contribution in [1.29, 1.82) is 0 Å². The zero-order valence-electron chi connectivity index (χ0n) is 12.9. The van der Waals surface area contributed by atoms with E-state index in [1.165, 1.54) is 17.8 Å². The number of ether oxygens (including phenoxy) is 1. The fourth-order valence-electron chi connectivity index (χ4n) is 2.74. The molecular formula is C13H15N7O4S. The van der Waals surface area contributed by atoms with Crippen LogP contribution >= 0.6 is 12.2 Å². The number of hydrogen-bond donors (Lipinski definition) is 5. The van der Waals surface area contributed by atoms with Gasteiger partial charge in [-0.1, -0.05) is 28.5 Å². The Morgan fingerprint density at radius 1 is 1.64 bits per heavy atom. The monoisotopic (exact) mass is 365 g/mol. The maximum absolute atomic E-state index is 10.7. The fraction of sp³-hybridized carbons (Fsp3) is 0.462. The molecule has 3 rings (SSSR count). The highest BCUT2D eigenvalue weighted by molar-refractivity contribution is 7.71. The number of nitrogens with one attached hydrogen (secondary N) is 1. The van der Waals surface area contributed by atoms with Gasteiger partial charge in [0.1, 0.15) is 23.4 Å². The number of aliphatic hydroxyl groups excluding tert-OH is 2. The van der Waals surface area contributed by atoms with Crippen molar-refractivity contribution in [3.63, 3.8) is 0 Å². The molecule has 25 heavy (non-hydrogen) atoms. The minimum atomic E-state index is -2.11. The number of nitrogens with zero attached hydrogens (tertiary/aromatic N) is 5. The number of rotatable bonds is 3. The molecule has 0 spiro atoms. The van der Waals surface area contributed by atoms with Crippen LogP contribution in [0.15, 0.2) is 16.7 Å². The van der Waals surface area contributed by atoms with Gasteiger partial charge in [-0.25, -0.2) is 4.98 Å². The first-order chi connectivity index (χ1) is 11.8. The van der Waals surface area contributed by atoms with E-state index in [0.29, 0.717) is 5.52 Å². The Kier molecular flexibility index (Phi) is 4.27. The van der Waals surface area contributed by atoms with Crippen LogP contribution in [0, 0.1) is 17.0 Å². The van der Waals surface area contributed by atoms with Crippen molar-refractivity contribution in [1.82, 2.24) is 19.5 Å². The van der Waals surface area contributed by atoms with Crippen LogP contribution < -0.4 is 5.84 Å². The molecule has 1 saturated heterocycles. The maximum Gasteiger partial charge on any atom is 0.251 e. The Balaban J connectivity index is 2.18. The first kappa shape index (κ1) is 17.4. The molecule has 0 aromatic carbocycles. The number of aromatic nitrogens is 4. The van der Waals surface area contributed by atoms with Gasteiger partial charge in [-0.2, -0.15) is 4.98 Å². The minimum absolute atomic E-state index is 0.0108. The fourth-order valence-corrected chi connectivity index (χ4v) is 2.98. The van der Waals surface area contributed by atoms with E-state index >= 15 is 0 Å². The van der Waals surface area contributed by atoms with E-state index < -0.39 is 30.1 Å². The van der Waals surface area contributed by atoms with Crippen molar-refractivity contribution >= 4 is 29.3 Å². The molecule has 0 aliphatic carbocycles. The second kappa shape index (κ2) is 6.14. The topological polar surface area (TPSA) is 167 Å². The van der Waals surface area contributed by atoms with Crippen LogP contribution in [0.1, 0.15) is 13.2 Å². The molecule has 6 N–H and O–H groups in total. The molecule has 1 aliphatic heterocycles. The van der Waals surface area contributed by atoms with Crippen molar-refractivity contribution in [2.75, 3.05) is 0 Å². The van der Waals surface area contributed by atoms with Crippen LogP contribution in [0.3, 0.4) is 0 Å². The summed E-state index contributed by atoms with van der Waals surface area (Å²) < 4.78 is 7.07. The van der Waals surface area contributed by atoms with Gasteiger partial charge in [0.05, 0.1) is 12.4 Å². The standard InChI is InChI=1S/C13H15N7O4S/c1-3-13(23)8(22)7(5(2)21)24-11(13)20-4-15-6-9(20)16-12(18-19-14)17-10(6)25/h1,4-5,7-8,11,21-23H,2H3,(H3,14,16,17,18,25)/t5-,7+,8?,11+,13+/m0/s1. The van der Waals surface area contributed by atoms with Crippen LogP contribution in [-0.2, 0) is 4.74 Å². The highest BCUT2D eigenvalue weighted by atomic mass is 32.1. The molecule has 132 valence electrons. The van der Waals surface area contributed by atoms with Crippen molar-refractivity contribution in [3.8, 4) is 12.3 Å². The second-order valence-electron chi connectivity index (χ2n) is 5.54. The minimum Gasteiger partial charge on any atom is -0.391 e. The van der Waals surface area contributed by atoms with Crippen molar-refractivity contribution in [2.24, 2.45) is 16.2 Å². The molecule has 3 heterocycles. The Morgan fingerprint density at radius 3 is 2.96 bits per heavy atom. The lowest BCUT2D eigenvalue weighted by Crippen LogP contribution is -2.47. The molecule has 0 bridgehead atoms. The summed E-state index contributed by atoms with van der Waals surface area (Å²) in [6.07, 6.45) is 1.80. The normalized spacial score (nSPS) is 30.8. The molecule has 0 radical (unpaired) electrons. The van der Waals surface area contributed by atoms with Crippen LogP contribution in [0.25, 0.3) is 11.2 Å². The number of aromatic amines is 1. The third-order valence-electron chi connectivity index (χ3n) is 3.97. The van der Waals surface area contributed by atoms with Gasteiger partial charge in [-0.05, 0) is 6.92 Å². The van der Waals surface area contributed by atoms with Crippen LogP contribution in [-0.4, -0.2) is 58.8 Å². The van der Waals surface area contributed by atoms with Crippen LogP contribution in [0.4, 0.5) is 5.95 Å². The molecule has 12 heteroatoms. The van der Waals surface area contributed by atoms with Crippen molar-refractivity contribution < 1.29 is 20.1 Å². The number of imidazole rings is 1. The quantitative estimate of drug-likeness (QED) is 0.159. The van der Waals surface area contributed by atoms with Crippen molar-refractivity contribution in [2.45, 2.75) is 37.1 Å². The molecular weight excluding hydrogens is 350 g/mol. The molecule has 2 aromatic rings. The van der Waals surface area contributed by atoms with Gasteiger partial charge in [-0.3, -0.25) is 4.57 Å². The smallest absolute Gasteiger partial charge is 0.251 e. The second-order valence-corrected chi connectivity index (χ2v) is 5.92. The number of hydrogen-bond acceptors (Lipinski definition) is 9. The highest BCUT2D eigenvalue weighted by Gasteiger charge is 2.57. The summed E-state index contributed by atoms with van der Waals surface area (Å²) in [4.78, 5) is 10.9. The van der Waals surface area contributed by atoms with E-state index in [9.17, 15) is 15.3 Å². The number of fused-ring (bicyclic) bond motifs is 1. The summed E-state index contributed by atoms with van der Waals surface area (Å²) in [5.74, 6) is 7.16. The molecule has 11 nitrogen and oxygen atoms in total. The largest absolute Gasteiger partial charge is 0.391 e. The zero-order valence-corrected chi connectivity index (χ0v) is 13.8. The van der Waals surface area contributed by atoms with E-state index in [-0.39, 0.29) is 16.2 Å². The molecule has 2 aromatic heterocycles. The van der Waals surface area contributed by atoms with E-state index in [4.69, 9.17) is 29.2 Å². The molecule has 0 saturated carbocycles. The SMILES string of the molecule is C#C[C@@]1(O)C(O)[C@@H]([C@H](C)O)O[C@H]1n1cnc2c(=S)nc(N=NN)[nH]c21. The summed E-state index contributed by atoms with van der Waals surface area (Å²) in [7, 11) is 0. The van der Waals surface area contributed by atoms with Crippen LogP contribution in [0.2, 0.25) is 0 Å². The summed E-state index contributed by atoms with van der Waals surface area (Å²) in [6, 6.07) is 0. The summed E-state index contributed by atoms with van der Waals surface area (Å²) >= 11 is 5.13. The van der Waals surface area contributed by atoms with Gasteiger partial charge in [0, 0.05) is 0 Å². The lowest BCUT2D eigenvalue weighted by Gasteiger charge is -2.26. The number of terminal acetylenes is 1. The average molecular weight is 365 g/mol. The lowest BCUT2D eigenvalue weighted by molar-refractivity contribution is -0.0846. The van der Waals surface area contributed by atoms with Gasteiger partial charge in [0.15, 0.2) is 16.5 Å². The van der Waals surface area contributed by atoms with Gasteiger partial charge in [0.25, 0.3) is 5.95 Å². The predicted molar refractivity (Wildman–Crippen MR) is 86.8 cm³/mol. The van der Waals surface area contributed by atoms with Gasteiger partial charge < -0.3 is 30.9 Å². The van der Waals surface area contributed by atoms with E-state index in [1.54, 1.807) is 0 Å². The van der Waals surface area contributed by atoms with Crippen LogP contribution in [0.5, 0.6) is 0 Å². The molecule has 0 amide bonds. The number of nitrogens with two attached hydrogens (primary N) is 1. The van der Waals surface area contributed by atoms with E-state index in [2.05, 4.69) is 31.2 Å². The van der Waals surface area contributed by atoms with E-state index in [0.717, 1.165) is 0 Å². The third kappa shape index (κ3) is 2.58. The number of aliphatic hydroxyl groups is 3. The zero-order chi connectivity index (χ0) is 18.4. The predicted octanol–water partition coefficient (Wildman–Crippen LogP) is -0.550. The Hall–Kier alpha value is -2.43. The summed E-state index contributed by atoms with van der Waals surface area (Å²) in [5.41, 5.74) is -1.53. The molecule has 1 fully saturated rings. The summed E-state index contributed by atoms with van der Waals surface area (Å²) in [5, 5.41) is 37.5. The average Bonchev–Trinajstić information content (AvgIpc) is 3.09. The first-order valence-corrected chi connectivity index (χ1v) is 7.53. The molecule has 5 atom stereocenters.